The minimum Gasteiger partial charge on any atom is -0.343 e. The van der Waals surface area contributed by atoms with Crippen LogP contribution < -0.4 is 5.32 Å². The van der Waals surface area contributed by atoms with E-state index in [1.54, 1.807) is 6.20 Å². The van der Waals surface area contributed by atoms with Crippen LogP contribution in [0.3, 0.4) is 0 Å². The number of hydrogen-bond donors (Lipinski definition) is 1. The molecular weight excluding hydrogens is 270 g/mol. The number of nitrogens with one attached hydrogen (secondary N) is 1. The number of halogens is 1. The fourth-order valence-electron chi connectivity index (χ4n) is 2.49. The topological polar surface area (TPSA) is 29.9 Å². The summed E-state index contributed by atoms with van der Waals surface area (Å²) in [5.74, 6) is 0. The SMILES string of the molecule is CNCc1cn(Cc2cccnc2)c2cc(Cl)ccc12. The van der Waals surface area contributed by atoms with Crippen molar-refractivity contribution in [1.82, 2.24) is 14.9 Å². The maximum absolute atomic E-state index is 6.14. The molecule has 0 saturated carbocycles. The molecule has 3 nitrogen and oxygen atoms in total. The molecule has 0 radical (unpaired) electrons. The largest absolute Gasteiger partial charge is 0.343 e. The highest BCUT2D eigenvalue weighted by Crippen LogP contribution is 2.25. The zero-order valence-electron chi connectivity index (χ0n) is 11.3. The number of fused-ring (bicyclic) bond motifs is 1. The third kappa shape index (κ3) is 2.55. The number of nitrogens with zero attached hydrogens (tertiary/aromatic N) is 2. The Morgan fingerprint density at radius 3 is 2.95 bits per heavy atom. The summed E-state index contributed by atoms with van der Waals surface area (Å²) in [6.45, 7) is 1.65. The highest BCUT2D eigenvalue weighted by Gasteiger charge is 2.09. The molecule has 0 spiro atoms. The van der Waals surface area contributed by atoms with Gasteiger partial charge in [0.2, 0.25) is 0 Å². The van der Waals surface area contributed by atoms with Crippen LogP contribution in [0.1, 0.15) is 11.1 Å². The van der Waals surface area contributed by atoms with E-state index in [-0.39, 0.29) is 0 Å². The van der Waals surface area contributed by atoms with Gasteiger partial charge in [-0.1, -0.05) is 23.7 Å². The number of pyridine rings is 1. The Labute approximate surface area is 123 Å². The summed E-state index contributed by atoms with van der Waals surface area (Å²) in [7, 11) is 1.96. The van der Waals surface area contributed by atoms with Crippen molar-refractivity contribution in [2.24, 2.45) is 0 Å². The van der Waals surface area contributed by atoms with Gasteiger partial charge in [-0.15, -0.1) is 0 Å². The third-order valence-electron chi connectivity index (χ3n) is 3.37. The van der Waals surface area contributed by atoms with E-state index in [9.17, 15) is 0 Å². The molecule has 2 heterocycles. The molecule has 2 aromatic heterocycles. The van der Waals surface area contributed by atoms with Gasteiger partial charge in [-0.3, -0.25) is 4.98 Å². The highest BCUT2D eigenvalue weighted by molar-refractivity contribution is 6.31. The van der Waals surface area contributed by atoms with Crippen LogP contribution in [0, 0.1) is 0 Å². The molecular formula is C16H16ClN3. The summed E-state index contributed by atoms with van der Waals surface area (Å²) in [5.41, 5.74) is 3.62. The van der Waals surface area contributed by atoms with Crippen LogP contribution >= 0.6 is 11.6 Å². The molecule has 0 bridgehead atoms. The number of aromatic nitrogens is 2. The van der Waals surface area contributed by atoms with Gasteiger partial charge in [0, 0.05) is 42.1 Å². The molecule has 0 fully saturated rings. The van der Waals surface area contributed by atoms with Crippen molar-refractivity contribution in [3.05, 3.63) is 65.1 Å². The number of hydrogen-bond acceptors (Lipinski definition) is 2. The molecule has 0 atom stereocenters. The molecule has 20 heavy (non-hydrogen) atoms. The van der Waals surface area contributed by atoms with Gasteiger partial charge in [-0.05, 0) is 36.4 Å². The lowest BCUT2D eigenvalue weighted by molar-refractivity contribution is 0.793. The van der Waals surface area contributed by atoms with Crippen LogP contribution in [-0.2, 0) is 13.1 Å². The first-order valence-corrected chi connectivity index (χ1v) is 6.96. The Morgan fingerprint density at radius 2 is 2.20 bits per heavy atom. The molecule has 0 aliphatic heterocycles. The average molecular weight is 286 g/mol. The fraction of sp³-hybridized carbons (Fsp3) is 0.188. The van der Waals surface area contributed by atoms with E-state index in [2.05, 4.69) is 33.2 Å². The Kier molecular flexibility index (Phi) is 3.72. The van der Waals surface area contributed by atoms with E-state index in [1.165, 1.54) is 16.5 Å². The first-order chi connectivity index (χ1) is 9.78. The molecule has 0 saturated heterocycles. The van der Waals surface area contributed by atoms with E-state index in [0.29, 0.717) is 0 Å². The quantitative estimate of drug-likeness (QED) is 0.796. The van der Waals surface area contributed by atoms with Gasteiger partial charge in [-0.25, -0.2) is 0 Å². The molecule has 1 aromatic carbocycles. The maximum Gasteiger partial charge on any atom is 0.0501 e. The molecule has 0 aliphatic carbocycles. The predicted molar refractivity (Wildman–Crippen MR) is 83.1 cm³/mol. The zero-order chi connectivity index (χ0) is 13.9. The Balaban J connectivity index is 2.07. The monoisotopic (exact) mass is 285 g/mol. The van der Waals surface area contributed by atoms with E-state index < -0.39 is 0 Å². The van der Waals surface area contributed by atoms with Gasteiger partial charge in [-0.2, -0.15) is 0 Å². The van der Waals surface area contributed by atoms with Gasteiger partial charge in [0.1, 0.15) is 0 Å². The number of benzene rings is 1. The summed E-state index contributed by atoms with van der Waals surface area (Å²) < 4.78 is 2.23. The normalized spacial score (nSPS) is 11.1. The van der Waals surface area contributed by atoms with Crippen molar-refractivity contribution in [3.8, 4) is 0 Å². The maximum atomic E-state index is 6.14. The van der Waals surface area contributed by atoms with E-state index in [4.69, 9.17) is 11.6 Å². The minimum absolute atomic E-state index is 0.763. The lowest BCUT2D eigenvalue weighted by atomic mass is 10.2. The van der Waals surface area contributed by atoms with Crippen LogP contribution in [0.25, 0.3) is 10.9 Å². The molecule has 102 valence electrons. The van der Waals surface area contributed by atoms with Crippen molar-refractivity contribution in [2.75, 3.05) is 7.05 Å². The van der Waals surface area contributed by atoms with Crippen molar-refractivity contribution in [2.45, 2.75) is 13.1 Å². The molecule has 3 aromatic rings. The standard InChI is InChI=1S/C16H16ClN3/c1-18-9-13-11-20(10-12-3-2-6-19-8-12)16-7-14(17)4-5-15(13)16/h2-8,11,18H,9-10H2,1H3. The molecule has 0 unspecified atom stereocenters. The van der Waals surface area contributed by atoms with Gasteiger partial charge < -0.3 is 9.88 Å². The third-order valence-corrected chi connectivity index (χ3v) is 3.60. The van der Waals surface area contributed by atoms with Gasteiger partial charge in [0.05, 0.1) is 5.52 Å². The molecule has 1 N–H and O–H groups in total. The van der Waals surface area contributed by atoms with Crippen molar-refractivity contribution >= 4 is 22.5 Å². The van der Waals surface area contributed by atoms with E-state index in [0.717, 1.165) is 23.6 Å². The van der Waals surface area contributed by atoms with Crippen molar-refractivity contribution < 1.29 is 0 Å². The molecule has 0 amide bonds. The Bertz CT molecular complexity index is 719. The lowest BCUT2D eigenvalue weighted by Gasteiger charge is -2.05. The minimum atomic E-state index is 0.763. The second kappa shape index (κ2) is 5.65. The smallest absolute Gasteiger partial charge is 0.0501 e. The van der Waals surface area contributed by atoms with Crippen LogP contribution in [0.4, 0.5) is 0 Å². The van der Waals surface area contributed by atoms with E-state index in [1.807, 2.05) is 31.4 Å². The van der Waals surface area contributed by atoms with Crippen LogP contribution in [0.15, 0.2) is 48.9 Å². The zero-order valence-corrected chi connectivity index (χ0v) is 12.1. The van der Waals surface area contributed by atoms with Gasteiger partial charge in [0.15, 0.2) is 0 Å². The van der Waals surface area contributed by atoms with Crippen LogP contribution in [0.2, 0.25) is 5.02 Å². The second-order valence-electron chi connectivity index (χ2n) is 4.84. The van der Waals surface area contributed by atoms with Gasteiger partial charge >= 0.3 is 0 Å². The van der Waals surface area contributed by atoms with Crippen molar-refractivity contribution in [3.63, 3.8) is 0 Å². The second-order valence-corrected chi connectivity index (χ2v) is 5.27. The Morgan fingerprint density at radius 1 is 1.30 bits per heavy atom. The fourth-order valence-corrected chi connectivity index (χ4v) is 2.66. The lowest BCUT2D eigenvalue weighted by Crippen LogP contribution is -2.04. The molecule has 3 rings (SSSR count). The molecule has 0 aliphatic rings. The predicted octanol–water partition coefficient (Wildman–Crippen LogP) is 3.46. The summed E-state index contributed by atoms with van der Waals surface area (Å²) in [5, 5.41) is 5.22. The van der Waals surface area contributed by atoms with Gasteiger partial charge in [0.25, 0.3) is 0 Å². The number of rotatable bonds is 4. The average Bonchev–Trinajstić information content (AvgIpc) is 2.78. The first kappa shape index (κ1) is 13.2. The first-order valence-electron chi connectivity index (χ1n) is 6.58. The van der Waals surface area contributed by atoms with E-state index >= 15 is 0 Å². The summed E-state index contributed by atoms with van der Waals surface area (Å²) in [6.07, 6.45) is 5.87. The summed E-state index contributed by atoms with van der Waals surface area (Å²) >= 11 is 6.14. The summed E-state index contributed by atoms with van der Waals surface area (Å²) in [6, 6.07) is 10.1. The van der Waals surface area contributed by atoms with Crippen LogP contribution in [0.5, 0.6) is 0 Å². The van der Waals surface area contributed by atoms with Crippen LogP contribution in [-0.4, -0.2) is 16.6 Å². The summed E-state index contributed by atoms with van der Waals surface area (Å²) in [4.78, 5) is 4.17. The Hall–Kier alpha value is -1.84. The van der Waals surface area contributed by atoms with Crippen molar-refractivity contribution in [1.29, 1.82) is 0 Å². The molecule has 4 heteroatoms. The highest BCUT2D eigenvalue weighted by atomic mass is 35.5.